The summed E-state index contributed by atoms with van der Waals surface area (Å²) >= 11 is 3.44. The summed E-state index contributed by atoms with van der Waals surface area (Å²) in [6.45, 7) is 3.99. The molecule has 6 nitrogen and oxygen atoms in total. The Balaban J connectivity index is 1.55. The van der Waals surface area contributed by atoms with Crippen LogP contribution in [0.25, 0.3) is 0 Å². The first kappa shape index (κ1) is 17.5. The fourth-order valence-electron chi connectivity index (χ4n) is 2.66. The molecule has 0 spiro atoms. The molecule has 2 atom stereocenters. The van der Waals surface area contributed by atoms with Crippen molar-refractivity contribution in [1.29, 1.82) is 0 Å². The zero-order valence-corrected chi connectivity index (χ0v) is 15.3. The standard InChI is InChI=1S/C17H22BrNO5/c1-11(24-10-12-4-2-3-5-21-12)17(20)19-14-9-16-15(8-13(14)18)22-6-7-23-16/h8-9,11-12H,2-7,10H2,1H3,(H,19,20). The number of hydrogen-bond acceptors (Lipinski definition) is 5. The maximum Gasteiger partial charge on any atom is 0.253 e. The van der Waals surface area contributed by atoms with Crippen molar-refractivity contribution in [3.8, 4) is 11.5 Å². The predicted octanol–water partition coefficient (Wildman–Crippen LogP) is 3.13. The van der Waals surface area contributed by atoms with Crippen molar-refractivity contribution in [3.05, 3.63) is 16.6 Å². The van der Waals surface area contributed by atoms with Crippen molar-refractivity contribution < 1.29 is 23.7 Å². The van der Waals surface area contributed by atoms with Gasteiger partial charge in [-0.1, -0.05) is 0 Å². The van der Waals surface area contributed by atoms with Crippen molar-refractivity contribution in [1.82, 2.24) is 0 Å². The molecule has 1 amide bonds. The van der Waals surface area contributed by atoms with Crippen LogP contribution < -0.4 is 14.8 Å². The number of ether oxygens (including phenoxy) is 4. The summed E-state index contributed by atoms with van der Waals surface area (Å²) in [5.41, 5.74) is 0.633. The molecule has 132 valence electrons. The first-order valence-corrected chi connectivity index (χ1v) is 9.06. The zero-order valence-electron chi connectivity index (χ0n) is 13.7. The van der Waals surface area contributed by atoms with E-state index >= 15 is 0 Å². The molecule has 1 N–H and O–H groups in total. The van der Waals surface area contributed by atoms with Crippen LogP contribution in [0.5, 0.6) is 11.5 Å². The average molecular weight is 400 g/mol. The topological polar surface area (TPSA) is 66.0 Å². The Morgan fingerprint density at radius 1 is 1.29 bits per heavy atom. The van der Waals surface area contributed by atoms with Crippen LogP contribution in [0.4, 0.5) is 5.69 Å². The van der Waals surface area contributed by atoms with Crippen molar-refractivity contribution in [3.63, 3.8) is 0 Å². The first-order valence-electron chi connectivity index (χ1n) is 8.26. The SMILES string of the molecule is CC(OCC1CCCCO1)C(=O)Nc1cc2c(cc1Br)OCCO2. The lowest BCUT2D eigenvalue weighted by atomic mass is 10.1. The van der Waals surface area contributed by atoms with E-state index in [0.717, 1.165) is 30.3 Å². The molecule has 0 bridgehead atoms. The lowest BCUT2D eigenvalue weighted by Gasteiger charge is -2.24. The minimum absolute atomic E-state index is 0.0926. The summed E-state index contributed by atoms with van der Waals surface area (Å²) in [5.74, 6) is 1.09. The van der Waals surface area contributed by atoms with Gasteiger partial charge in [-0.05, 0) is 42.1 Å². The number of benzene rings is 1. The number of carbonyl (C=O) groups excluding carboxylic acids is 1. The molecular weight excluding hydrogens is 378 g/mol. The third-order valence-corrected chi connectivity index (χ3v) is 4.72. The quantitative estimate of drug-likeness (QED) is 0.823. The maximum absolute atomic E-state index is 12.3. The van der Waals surface area contributed by atoms with Gasteiger partial charge in [-0.25, -0.2) is 0 Å². The van der Waals surface area contributed by atoms with Crippen LogP contribution in [0, 0.1) is 0 Å². The second kappa shape index (κ2) is 8.18. The second-order valence-electron chi connectivity index (χ2n) is 5.93. The second-order valence-corrected chi connectivity index (χ2v) is 6.78. The molecule has 0 aromatic heterocycles. The lowest BCUT2D eigenvalue weighted by molar-refractivity contribution is -0.130. The van der Waals surface area contributed by atoms with Crippen molar-refractivity contribution in [2.24, 2.45) is 0 Å². The summed E-state index contributed by atoms with van der Waals surface area (Å²) in [6.07, 6.45) is 2.77. The van der Waals surface area contributed by atoms with Gasteiger partial charge in [0.2, 0.25) is 0 Å². The molecule has 2 unspecified atom stereocenters. The average Bonchev–Trinajstić information content (AvgIpc) is 2.61. The fraction of sp³-hybridized carbons (Fsp3) is 0.588. The Bertz CT molecular complexity index is 589. The Morgan fingerprint density at radius 2 is 2.04 bits per heavy atom. The molecule has 2 aliphatic rings. The number of anilines is 1. The number of fused-ring (bicyclic) bond motifs is 1. The number of nitrogens with one attached hydrogen (secondary N) is 1. The number of hydrogen-bond donors (Lipinski definition) is 1. The summed E-state index contributed by atoms with van der Waals surface area (Å²) < 4.78 is 23.1. The van der Waals surface area contributed by atoms with Crippen LogP contribution in [0.3, 0.4) is 0 Å². The van der Waals surface area contributed by atoms with E-state index in [1.165, 1.54) is 0 Å². The van der Waals surface area contributed by atoms with E-state index in [2.05, 4.69) is 21.2 Å². The first-order chi connectivity index (χ1) is 11.6. The lowest BCUT2D eigenvalue weighted by Crippen LogP contribution is -2.32. The molecule has 3 rings (SSSR count). The van der Waals surface area contributed by atoms with Gasteiger partial charge < -0.3 is 24.3 Å². The van der Waals surface area contributed by atoms with Gasteiger partial charge in [-0.3, -0.25) is 4.79 Å². The van der Waals surface area contributed by atoms with Crippen molar-refractivity contribution >= 4 is 27.5 Å². The highest BCUT2D eigenvalue weighted by atomic mass is 79.9. The maximum atomic E-state index is 12.3. The molecule has 1 aromatic rings. The summed E-state index contributed by atoms with van der Waals surface area (Å²) in [6, 6.07) is 3.55. The summed E-state index contributed by atoms with van der Waals surface area (Å²) in [7, 11) is 0. The zero-order chi connectivity index (χ0) is 16.9. The minimum atomic E-state index is -0.560. The number of halogens is 1. The molecule has 2 aliphatic heterocycles. The molecule has 2 heterocycles. The van der Waals surface area contributed by atoms with E-state index < -0.39 is 6.10 Å². The molecule has 1 aromatic carbocycles. The van der Waals surface area contributed by atoms with Crippen molar-refractivity contribution in [2.45, 2.75) is 38.4 Å². The Morgan fingerprint density at radius 3 is 2.75 bits per heavy atom. The largest absolute Gasteiger partial charge is 0.486 e. The van der Waals surface area contributed by atoms with Gasteiger partial charge in [0.1, 0.15) is 19.3 Å². The molecule has 1 fully saturated rings. The monoisotopic (exact) mass is 399 g/mol. The van der Waals surface area contributed by atoms with Crippen LogP contribution in [0.15, 0.2) is 16.6 Å². The van der Waals surface area contributed by atoms with Crippen LogP contribution in [0.1, 0.15) is 26.2 Å². The van der Waals surface area contributed by atoms with Gasteiger partial charge in [-0.15, -0.1) is 0 Å². The summed E-state index contributed by atoms with van der Waals surface area (Å²) in [4.78, 5) is 12.3. The highest BCUT2D eigenvalue weighted by molar-refractivity contribution is 9.10. The Labute approximate surface area is 149 Å². The molecule has 1 saturated heterocycles. The third-order valence-electron chi connectivity index (χ3n) is 4.07. The molecule has 7 heteroatoms. The number of amides is 1. The van der Waals surface area contributed by atoms with Gasteiger partial charge in [0.25, 0.3) is 5.91 Å². The molecule has 0 aliphatic carbocycles. The van der Waals surface area contributed by atoms with Gasteiger partial charge in [0.05, 0.1) is 18.4 Å². The van der Waals surface area contributed by atoms with Gasteiger partial charge in [0, 0.05) is 23.2 Å². The Hall–Kier alpha value is -1.31. The fourth-order valence-corrected chi connectivity index (χ4v) is 3.08. The van der Waals surface area contributed by atoms with Crippen molar-refractivity contribution in [2.75, 3.05) is 31.7 Å². The van der Waals surface area contributed by atoms with E-state index in [1.54, 1.807) is 19.1 Å². The van der Waals surface area contributed by atoms with E-state index in [0.29, 0.717) is 37.0 Å². The van der Waals surface area contributed by atoms with Crippen LogP contribution in [-0.2, 0) is 14.3 Å². The molecular formula is C17H22BrNO5. The van der Waals surface area contributed by atoms with Crippen LogP contribution in [0.2, 0.25) is 0 Å². The molecule has 0 radical (unpaired) electrons. The van der Waals surface area contributed by atoms with E-state index in [-0.39, 0.29) is 12.0 Å². The molecule has 24 heavy (non-hydrogen) atoms. The van der Waals surface area contributed by atoms with Gasteiger partial charge in [0.15, 0.2) is 11.5 Å². The summed E-state index contributed by atoms with van der Waals surface area (Å²) in [5, 5.41) is 2.86. The third kappa shape index (κ3) is 4.40. The van der Waals surface area contributed by atoms with E-state index in [4.69, 9.17) is 18.9 Å². The highest BCUT2D eigenvalue weighted by Crippen LogP contribution is 2.38. The number of rotatable bonds is 5. The highest BCUT2D eigenvalue weighted by Gasteiger charge is 2.21. The minimum Gasteiger partial charge on any atom is -0.486 e. The van der Waals surface area contributed by atoms with E-state index in [9.17, 15) is 4.79 Å². The van der Waals surface area contributed by atoms with Gasteiger partial charge >= 0.3 is 0 Å². The normalized spacial score (nSPS) is 21.2. The number of carbonyl (C=O) groups is 1. The predicted molar refractivity (Wildman–Crippen MR) is 92.8 cm³/mol. The van der Waals surface area contributed by atoms with Gasteiger partial charge in [-0.2, -0.15) is 0 Å². The van der Waals surface area contributed by atoms with E-state index in [1.807, 2.05) is 0 Å². The van der Waals surface area contributed by atoms with Crippen LogP contribution >= 0.6 is 15.9 Å². The molecule has 0 saturated carbocycles. The van der Waals surface area contributed by atoms with Crippen LogP contribution in [-0.4, -0.2) is 44.5 Å². The Kier molecular flexibility index (Phi) is 5.97. The smallest absolute Gasteiger partial charge is 0.253 e.